The summed E-state index contributed by atoms with van der Waals surface area (Å²) in [7, 11) is 0. The fourth-order valence-electron chi connectivity index (χ4n) is 2.11. The predicted octanol–water partition coefficient (Wildman–Crippen LogP) is 2.25. The van der Waals surface area contributed by atoms with E-state index < -0.39 is 23.3 Å². The van der Waals surface area contributed by atoms with Crippen LogP contribution < -0.4 is 10.2 Å². The molecule has 5 heteroatoms. The van der Waals surface area contributed by atoms with Crippen LogP contribution in [0.1, 0.15) is 32.8 Å². The Morgan fingerprint density at radius 1 is 1.10 bits per heavy atom. The molecule has 2 rings (SSSR count). The maximum atomic E-state index is 12.3. The van der Waals surface area contributed by atoms with E-state index in [1.165, 1.54) is 13.8 Å². The SMILES string of the molecule is CCCc1ccc(N2C(=O)NC(=O)C(C)(C)C2=O)cc1. The molecule has 20 heavy (non-hydrogen) atoms. The van der Waals surface area contributed by atoms with Crippen LogP contribution in [0.5, 0.6) is 0 Å². The van der Waals surface area contributed by atoms with Crippen molar-refractivity contribution in [1.82, 2.24) is 5.32 Å². The van der Waals surface area contributed by atoms with Gasteiger partial charge in [-0.25, -0.2) is 9.69 Å². The molecule has 5 nitrogen and oxygen atoms in total. The average molecular weight is 274 g/mol. The zero-order valence-electron chi connectivity index (χ0n) is 11.9. The number of benzene rings is 1. The van der Waals surface area contributed by atoms with Gasteiger partial charge in [0.1, 0.15) is 5.41 Å². The van der Waals surface area contributed by atoms with Crippen LogP contribution in [0.4, 0.5) is 10.5 Å². The van der Waals surface area contributed by atoms with Gasteiger partial charge in [-0.05, 0) is 38.0 Å². The Morgan fingerprint density at radius 2 is 1.70 bits per heavy atom. The molecule has 106 valence electrons. The maximum Gasteiger partial charge on any atom is 0.335 e. The number of carbonyl (C=O) groups excluding carboxylic acids is 3. The summed E-state index contributed by atoms with van der Waals surface area (Å²) in [5.41, 5.74) is 0.389. The Morgan fingerprint density at radius 3 is 2.25 bits per heavy atom. The number of barbiturate groups is 1. The summed E-state index contributed by atoms with van der Waals surface area (Å²) < 4.78 is 0. The molecule has 1 fully saturated rings. The van der Waals surface area contributed by atoms with E-state index in [4.69, 9.17) is 0 Å². The first-order chi connectivity index (χ1) is 9.37. The molecule has 0 atom stereocenters. The second-order valence-electron chi connectivity index (χ2n) is 5.44. The van der Waals surface area contributed by atoms with Crippen LogP contribution in [0.15, 0.2) is 24.3 Å². The van der Waals surface area contributed by atoms with Gasteiger partial charge in [-0.15, -0.1) is 0 Å². The summed E-state index contributed by atoms with van der Waals surface area (Å²) in [6.45, 7) is 5.11. The molecule has 0 radical (unpaired) electrons. The van der Waals surface area contributed by atoms with Crippen molar-refractivity contribution in [1.29, 1.82) is 0 Å². The molecule has 1 heterocycles. The number of rotatable bonds is 3. The molecular weight excluding hydrogens is 256 g/mol. The third-order valence-corrected chi connectivity index (χ3v) is 3.46. The lowest BCUT2D eigenvalue weighted by Gasteiger charge is -2.34. The van der Waals surface area contributed by atoms with Crippen molar-refractivity contribution < 1.29 is 14.4 Å². The monoisotopic (exact) mass is 274 g/mol. The second kappa shape index (κ2) is 5.07. The molecule has 1 N–H and O–H groups in total. The second-order valence-corrected chi connectivity index (χ2v) is 5.44. The summed E-state index contributed by atoms with van der Waals surface area (Å²) in [5, 5.41) is 2.22. The normalized spacial score (nSPS) is 18.1. The van der Waals surface area contributed by atoms with E-state index in [9.17, 15) is 14.4 Å². The Labute approximate surface area is 118 Å². The van der Waals surface area contributed by atoms with E-state index >= 15 is 0 Å². The van der Waals surface area contributed by atoms with Crippen LogP contribution in [-0.2, 0) is 16.0 Å². The lowest BCUT2D eigenvalue weighted by atomic mass is 9.88. The van der Waals surface area contributed by atoms with Crippen molar-refractivity contribution in [2.24, 2.45) is 5.41 Å². The Hall–Kier alpha value is -2.17. The molecular formula is C15H18N2O3. The topological polar surface area (TPSA) is 66.5 Å². The van der Waals surface area contributed by atoms with Crippen molar-refractivity contribution in [2.75, 3.05) is 4.90 Å². The number of nitrogens with one attached hydrogen (secondary N) is 1. The van der Waals surface area contributed by atoms with Crippen molar-refractivity contribution in [2.45, 2.75) is 33.6 Å². The predicted molar refractivity (Wildman–Crippen MR) is 75.2 cm³/mol. The smallest absolute Gasteiger partial charge is 0.276 e. The third kappa shape index (κ3) is 2.31. The summed E-state index contributed by atoms with van der Waals surface area (Å²) in [5.74, 6) is -1.07. The first-order valence-electron chi connectivity index (χ1n) is 6.67. The molecule has 0 aromatic heterocycles. The van der Waals surface area contributed by atoms with E-state index in [0.717, 1.165) is 23.3 Å². The molecule has 1 aliphatic rings. The largest absolute Gasteiger partial charge is 0.335 e. The van der Waals surface area contributed by atoms with E-state index in [-0.39, 0.29) is 0 Å². The molecule has 0 bridgehead atoms. The minimum absolute atomic E-state index is 0.480. The van der Waals surface area contributed by atoms with Gasteiger partial charge in [0.05, 0.1) is 5.69 Å². The minimum atomic E-state index is -1.24. The highest BCUT2D eigenvalue weighted by atomic mass is 16.2. The summed E-state index contributed by atoms with van der Waals surface area (Å²) in [6, 6.07) is 6.55. The highest BCUT2D eigenvalue weighted by Gasteiger charge is 2.47. The van der Waals surface area contributed by atoms with Gasteiger partial charge in [0.25, 0.3) is 0 Å². The molecule has 1 aliphatic heterocycles. The zero-order valence-corrected chi connectivity index (χ0v) is 11.9. The van der Waals surface area contributed by atoms with Crippen molar-refractivity contribution in [3.63, 3.8) is 0 Å². The van der Waals surface area contributed by atoms with Crippen molar-refractivity contribution in [3.8, 4) is 0 Å². The molecule has 0 saturated carbocycles. The van der Waals surface area contributed by atoms with Gasteiger partial charge < -0.3 is 0 Å². The fourth-order valence-corrected chi connectivity index (χ4v) is 2.11. The summed E-state index contributed by atoms with van der Waals surface area (Å²) >= 11 is 0. The van der Waals surface area contributed by atoms with E-state index in [1.54, 1.807) is 12.1 Å². The van der Waals surface area contributed by atoms with Gasteiger partial charge in [0, 0.05) is 0 Å². The first-order valence-corrected chi connectivity index (χ1v) is 6.67. The number of urea groups is 1. The molecule has 1 saturated heterocycles. The number of anilines is 1. The molecule has 0 aliphatic carbocycles. The summed E-state index contributed by atoms with van der Waals surface area (Å²) in [4.78, 5) is 36.9. The van der Waals surface area contributed by atoms with E-state index in [2.05, 4.69) is 12.2 Å². The minimum Gasteiger partial charge on any atom is -0.276 e. The number of amides is 4. The van der Waals surface area contributed by atoms with Gasteiger partial charge >= 0.3 is 6.03 Å². The molecule has 0 spiro atoms. The van der Waals surface area contributed by atoms with E-state index in [0.29, 0.717) is 5.69 Å². The zero-order chi connectivity index (χ0) is 14.9. The van der Waals surface area contributed by atoms with Crippen molar-refractivity contribution in [3.05, 3.63) is 29.8 Å². The Balaban J connectivity index is 2.33. The highest BCUT2D eigenvalue weighted by molar-refractivity contribution is 6.29. The number of carbonyl (C=O) groups is 3. The standard InChI is InChI=1S/C15H18N2O3/c1-4-5-10-6-8-11(9-7-10)17-13(19)15(2,3)12(18)16-14(17)20/h6-9H,4-5H2,1-3H3,(H,16,18,20). The number of aryl methyl sites for hydroxylation is 1. The summed E-state index contributed by atoms with van der Waals surface area (Å²) in [6.07, 6.45) is 1.98. The van der Waals surface area contributed by atoms with Crippen LogP contribution in [0, 0.1) is 5.41 Å². The number of nitrogens with zero attached hydrogens (tertiary/aromatic N) is 1. The highest BCUT2D eigenvalue weighted by Crippen LogP contribution is 2.28. The average Bonchev–Trinajstić information content (AvgIpc) is 2.39. The lowest BCUT2D eigenvalue weighted by molar-refractivity contribution is -0.140. The first kappa shape index (κ1) is 14.2. The van der Waals surface area contributed by atoms with Gasteiger partial charge in [-0.1, -0.05) is 25.5 Å². The lowest BCUT2D eigenvalue weighted by Crippen LogP contribution is -2.62. The number of hydrogen-bond acceptors (Lipinski definition) is 3. The van der Waals surface area contributed by atoms with Crippen LogP contribution in [0.2, 0.25) is 0 Å². The Kier molecular flexibility index (Phi) is 3.61. The van der Waals surface area contributed by atoms with E-state index in [1.807, 2.05) is 12.1 Å². The third-order valence-electron chi connectivity index (χ3n) is 3.46. The molecule has 1 aromatic carbocycles. The van der Waals surface area contributed by atoms with Gasteiger partial charge in [0.2, 0.25) is 11.8 Å². The van der Waals surface area contributed by atoms with Crippen LogP contribution in [-0.4, -0.2) is 17.8 Å². The van der Waals surface area contributed by atoms with Crippen LogP contribution in [0.25, 0.3) is 0 Å². The van der Waals surface area contributed by atoms with Gasteiger partial charge in [0.15, 0.2) is 0 Å². The molecule has 0 unspecified atom stereocenters. The van der Waals surface area contributed by atoms with Crippen molar-refractivity contribution >= 4 is 23.5 Å². The fraction of sp³-hybridized carbons (Fsp3) is 0.400. The van der Waals surface area contributed by atoms with Crippen LogP contribution >= 0.6 is 0 Å². The van der Waals surface area contributed by atoms with Gasteiger partial charge in [-0.3, -0.25) is 14.9 Å². The van der Waals surface area contributed by atoms with Crippen LogP contribution in [0.3, 0.4) is 0 Å². The quantitative estimate of drug-likeness (QED) is 0.860. The molecule has 4 amide bonds. The molecule has 1 aromatic rings. The Bertz CT molecular complexity index is 561. The number of hydrogen-bond donors (Lipinski definition) is 1. The maximum absolute atomic E-state index is 12.3. The van der Waals surface area contributed by atoms with Gasteiger partial charge in [-0.2, -0.15) is 0 Å². The number of imide groups is 2.